The third-order valence-corrected chi connectivity index (χ3v) is 3.80. The van der Waals surface area contributed by atoms with Gasteiger partial charge in [-0.1, -0.05) is 18.2 Å². The van der Waals surface area contributed by atoms with Crippen LogP contribution in [-0.2, 0) is 6.42 Å². The molecule has 2 aromatic carbocycles. The Hall–Kier alpha value is -1.87. The van der Waals surface area contributed by atoms with Crippen LogP contribution in [-0.4, -0.2) is 15.4 Å². The van der Waals surface area contributed by atoms with Crippen LogP contribution >= 0.6 is 11.6 Å². The number of aromatic nitrogens is 2. The molecular weight excluding hydrogens is 287 g/mol. The van der Waals surface area contributed by atoms with Gasteiger partial charge in [-0.15, -0.1) is 11.6 Å². The normalized spacial score (nSPS) is 11.2. The van der Waals surface area contributed by atoms with E-state index in [0.29, 0.717) is 18.0 Å². The molecule has 3 aromatic rings. The Bertz CT molecular complexity index is 808. The summed E-state index contributed by atoms with van der Waals surface area (Å²) >= 11 is 5.89. The Morgan fingerprint density at radius 3 is 2.76 bits per heavy atom. The van der Waals surface area contributed by atoms with Crippen molar-refractivity contribution in [3.05, 3.63) is 59.2 Å². The molecule has 0 saturated heterocycles. The van der Waals surface area contributed by atoms with Gasteiger partial charge in [-0.25, -0.2) is 9.37 Å². The molecule has 0 bridgehead atoms. The van der Waals surface area contributed by atoms with E-state index in [1.807, 2.05) is 42.7 Å². The van der Waals surface area contributed by atoms with Gasteiger partial charge < -0.3 is 0 Å². The Labute approximate surface area is 128 Å². The number of nitrogens with zero attached hydrogens (tertiary/aromatic N) is 2. The van der Waals surface area contributed by atoms with E-state index in [-0.39, 0.29) is 5.82 Å². The molecule has 1 aromatic heterocycles. The minimum Gasteiger partial charge on any atom is -0.293 e. The Morgan fingerprint density at radius 1 is 1.19 bits per heavy atom. The Morgan fingerprint density at radius 2 is 2.00 bits per heavy atom. The molecule has 3 rings (SSSR count). The fourth-order valence-corrected chi connectivity index (χ4v) is 2.82. The van der Waals surface area contributed by atoms with Gasteiger partial charge in [-0.2, -0.15) is 0 Å². The first-order valence-corrected chi connectivity index (χ1v) is 7.44. The third-order valence-electron chi connectivity index (χ3n) is 3.61. The SMILES string of the molecule is Cc1ccc(F)c(-n2c(CCCl)nc3cccc(C)c32)c1. The predicted octanol–water partition coefficient (Wildman–Crippen LogP) is 4.56. The maximum atomic E-state index is 14.3. The zero-order valence-electron chi connectivity index (χ0n) is 12.0. The highest BCUT2D eigenvalue weighted by Crippen LogP contribution is 2.27. The summed E-state index contributed by atoms with van der Waals surface area (Å²) in [5, 5.41) is 0. The van der Waals surface area contributed by atoms with E-state index in [4.69, 9.17) is 11.6 Å². The van der Waals surface area contributed by atoms with Gasteiger partial charge in [-0.3, -0.25) is 4.57 Å². The van der Waals surface area contributed by atoms with Crippen molar-refractivity contribution < 1.29 is 4.39 Å². The first kappa shape index (κ1) is 14.1. The van der Waals surface area contributed by atoms with Crippen LogP contribution in [0, 0.1) is 19.7 Å². The first-order valence-electron chi connectivity index (χ1n) is 6.91. The molecule has 0 amide bonds. The van der Waals surface area contributed by atoms with E-state index in [2.05, 4.69) is 4.98 Å². The van der Waals surface area contributed by atoms with Gasteiger partial charge in [0.25, 0.3) is 0 Å². The minimum absolute atomic E-state index is 0.251. The molecule has 0 N–H and O–H groups in total. The van der Waals surface area contributed by atoms with Crippen LogP contribution in [0.3, 0.4) is 0 Å². The molecule has 0 atom stereocenters. The number of hydrogen-bond acceptors (Lipinski definition) is 1. The summed E-state index contributed by atoms with van der Waals surface area (Å²) in [7, 11) is 0. The second-order valence-electron chi connectivity index (χ2n) is 5.20. The van der Waals surface area contributed by atoms with Crippen molar-refractivity contribution in [1.29, 1.82) is 0 Å². The summed E-state index contributed by atoms with van der Waals surface area (Å²) < 4.78 is 16.2. The topological polar surface area (TPSA) is 17.8 Å². The van der Waals surface area contributed by atoms with Gasteiger partial charge >= 0.3 is 0 Å². The molecule has 21 heavy (non-hydrogen) atoms. The smallest absolute Gasteiger partial charge is 0.147 e. The van der Waals surface area contributed by atoms with Crippen molar-refractivity contribution in [2.75, 3.05) is 5.88 Å². The highest BCUT2D eigenvalue weighted by Gasteiger charge is 2.16. The summed E-state index contributed by atoms with van der Waals surface area (Å²) in [5.74, 6) is 0.994. The average molecular weight is 303 g/mol. The van der Waals surface area contributed by atoms with Crippen molar-refractivity contribution in [2.45, 2.75) is 20.3 Å². The van der Waals surface area contributed by atoms with Crippen LogP contribution in [0.15, 0.2) is 36.4 Å². The lowest BCUT2D eigenvalue weighted by Crippen LogP contribution is -2.05. The van der Waals surface area contributed by atoms with Gasteiger partial charge in [0.1, 0.15) is 11.6 Å². The highest BCUT2D eigenvalue weighted by molar-refractivity contribution is 6.17. The third kappa shape index (κ3) is 2.42. The van der Waals surface area contributed by atoms with Crippen LogP contribution in [0.1, 0.15) is 17.0 Å². The lowest BCUT2D eigenvalue weighted by Gasteiger charge is -2.12. The number of alkyl halides is 1. The van der Waals surface area contributed by atoms with Crippen molar-refractivity contribution in [1.82, 2.24) is 9.55 Å². The van der Waals surface area contributed by atoms with E-state index in [0.717, 1.165) is 28.0 Å². The molecule has 0 aliphatic heterocycles. The summed E-state index contributed by atoms with van der Waals surface area (Å²) in [6, 6.07) is 11.0. The molecule has 2 nitrogen and oxygen atoms in total. The Kier molecular flexibility index (Phi) is 3.68. The van der Waals surface area contributed by atoms with Crippen LogP contribution in [0.2, 0.25) is 0 Å². The molecule has 108 valence electrons. The lowest BCUT2D eigenvalue weighted by atomic mass is 10.1. The van der Waals surface area contributed by atoms with E-state index in [1.54, 1.807) is 6.07 Å². The van der Waals surface area contributed by atoms with Gasteiger partial charge in [0.2, 0.25) is 0 Å². The molecule has 0 unspecified atom stereocenters. The van der Waals surface area contributed by atoms with E-state index < -0.39 is 0 Å². The summed E-state index contributed by atoms with van der Waals surface area (Å²) in [4.78, 5) is 4.62. The van der Waals surface area contributed by atoms with Crippen LogP contribution in [0.5, 0.6) is 0 Å². The van der Waals surface area contributed by atoms with E-state index in [9.17, 15) is 4.39 Å². The summed E-state index contributed by atoms with van der Waals surface area (Å²) in [6.45, 7) is 3.97. The summed E-state index contributed by atoms with van der Waals surface area (Å²) in [6.07, 6.45) is 0.600. The highest BCUT2D eigenvalue weighted by atomic mass is 35.5. The fraction of sp³-hybridized carbons (Fsp3) is 0.235. The van der Waals surface area contributed by atoms with E-state index >= 15 is 0 Å². The largest absolute Gasteiger partial charge is 0.293 e. The number of fused-ring (bicyclic) bond motifs is 1. The maximum absolute atomic E-state index is 14.3. The fourth-order valence-electron chi connectivity index (χ4n) is 2.65. The number of aryl methyl sites for hydroxylation is 3. The zero-order chi connectivity index (χ0) is 15.0. The van der Waals surface area contributed by atoms with Crippen molar-refractivity contribution in [2.24, 2.45) is 0 Å². The molecule has 0 aliphatic rings. The zero-order valence-corrected chi connectivity index (χ0v) is 12.8. The molecule has 0 radical (unpaired) electrons. The van der Waals surface area contributed by atoms with Crippen LogP contribution in [0.25, 0.3) is 16.7 Å². The molecule has 4 heteroatoms. The number of hydrogen-bond donors (Lipinski definition) is 0. The van der Waals surface area contributed by atoms with Gasteiger partial charge in [0.15, 0.2) is 0 Å². The van der Waals surface area contributed by atoms with Gasteiger partial charge in [0, 0.05) is 12.3 Å². The number of imidazole rings is 1. The van der Waals surface area contributed by atoms with Crippen molar-refractivity contribution in [3.63, 3.8) is 0 Å². The monoisotopic (exact) mass is 302 g/mol. The average Bonchev–Trinajstić information content (AvgIpc) is 2.81. The number of benzene rings is 2. The molecule has 0 fully saturated rings. The summed E-state index contributed by atoms with van der Waals surface area (Å²) in [5.41, 5.74) is 4.44. The molecular formula is C17H16ClFN2. The maximum Gasteiger partial charge on any atom is 0.147 e. The molecule has 0 spiro atoms. The number of halogens is 2. The second kappa shape index (κ2) is 5.49. The lowest BCUT2D eigenvalue weighted by molar-refractivity contribution is 0.616. The number of rotatable bonds is 3. The van der Waals surface area contributed by atoms with Crippen LogP contribution in [0.4, 0.5) is 4.39 Å². The van der Waals surface area contributed by atoms with Crippen molar-refractivity contribution in [3.8, 4) is 5.69 Å². The van der Waals surface area contributed by atoms with E-state index in [1.165, 1.54) is 6.07 Å². The quantitative estimate of drug-likeness (QED) is 0.648. The second-order valence-corrected chi connectivity index (χ2v) is 5.58. The predicted molar refractivity (Wildman–Crippen MR) is 84.9 cm³/mol. The molecule has 0 saturated carbocycles. The van der Waals surface area contributed by atoms with Gasteiger partial charge in [0.05, 0.1) is 16.7 Å². The van der Waals surface area contributed by atoms with Crippen molar-refractivity contribution >= 4 is 22.6 Å². The first-order chi connectivity index (χ1) is 10.1. The minimum atomic E-state index is -0.251. The Balaban J connectivity index is 2.38. The van der Waals surface area contributed by atoms with Crippen LogP contribution < -0.4 is 0 Å². The number of para-hydroxylation sites is 1. The molecule has 0 aliphatic carbocycles. The van der Waals surface area contributed by atoms with Gasteiger partial charge in [-0.05, 0) is 43.2 Å². The molecule has 1 heterocycles. The standard InChI is InChI=1S/C17H16ClFN2/c1-11-6-7-13(19)15(10-11)21-16(8-9-18)20-14-5-3-4-12(2)17(14)21/h3-7,10H,8-9H2,1-2H3.